The average Bonchev–Trinajstić information content (AvgIpc) is 2.86. The molecule has 0 aromatic heterocycles. The molecule has 1 fully saturated rings. The zero-order valence-corrected chi connectivity index (χ0v) is 15.2. The summed E-state index contributed by atoms with van der Waals surface area (Å²) in [7, 11) is 0. The van der Waals surface area contributed by atoms with E-state index >= 15 is 0 Å². The molecule has 0 saturated heterocycles. The Labute approximate surface area is 146 Å². The Kier molecular flexibility index (Phi) is 10.5. The first-order valence-electron chi connectivity index (χ1n) is 9.42. The van der Waals surface area contributed by atoms with Gasteiger partial charge < -0.3 is 14.9 Å². The van der Waals surface area contributed by atoms with Crippen LogP contribution in [0.25, 0.3) is 0 Å². The number of carbonyl (C=O) groups is 1. The lowest BCUT2D eigenvalue weighted by atomic mass is 10.0. The van der Waals surface area contributed by atoms with E-state index in [0.29, 0.717) is 19.3 Å². The summed E-state index contributed by atoms with van der Waals surface area (Å²) in [5, 5.41) is 18.8. The van der Waals surface area contributed by atoms with Crippen molar-refractivity contribution in [3.63, 3.8) is 0 Å². The third kappa shape index (κ3) is 9.11. The maximum absolute atomic E-state index is 10.5. The van der Waals surface area contributed by atoms with E-state index < -0.39 is 5.97 Å². The SMILES string of the molecule is CCCCCC/C=C/C1C[C@@H](O/C(C)=C\CCCC(=O)O)C[C@H]1O. The smallest absolute Gasteiger partial charge is 0.303 e. The van der Waals surface area contributed by atoms with Crippen molar-refractivity contribution < 1.29 is 19.7 Å². The van der Waals surface area contributed by atoms with Crippen LogP contribution in [0.15, 0.2) is 24.0 Å². The van der Waals surface area contributed by atoms with Crippen LogP contribution in [0.5, 0.6) is 0 Å². The molecular weight excluding hydrogens is 304 g/mol. The van der Waals surface area contributed by atoms with Gasteiger partial charge >= 0.3 is 5.97 Å². The minimum absolute atomic E-state index is 0.0606. The predicted octanol–water partition coefficient (Wildman–Crippen LogP) is 4.83. The molecule has 0 spiro atoms. The molecule has 0 radical (unpaired) electrons. The number of ether oxygens (including phenoxy) is 1. The average molecular weight is 338 g/mol. The molecule has 4 nitrogen and oxygen atoms in total. The van der Waals surface area contributed by atoms with Crippen molar-refractivity contribution in [2.24, 2.45) is 5.92 Å². The molecule has 3 atom stereocenters. The Morgan fingerprint density at radius 1 is 1.17 bits per heavy atom. The maximum atomic E-state index is 10.5. The molecule has 1 aliphatic rings. The van der Waals surface area contributed by atoms with Gasteiger partial charge in [0.05, 0.1) is 11.9 Å². The van der Waals surface area contributed by atoms with E-state index in [9.17, 15) is 9.90 Å². The molecule has 0 amide bonds. The first kappa shape index (κ1) is 20.8. The van der Waals surface area contributed by atoms with Crippen molar-refractivity contribution >= 4 is 5.97 Å². The standard InChI is InChI=1S/C20H34O4/c1-3-4-5-6-7-8-12-17-14-18(15-19(17)21)24-16(2)11-9-10-13-20(22)23/h8,11-12,17-19,21H,3-7,9-10,13-15H2,1-2H3,(H,22,23)/b12-8+,16-11-/t17?,18-,19-/m1/s1. The molecule has 0 heterocycles. The van der Waals surface area contributed by atoms with Gasteiger partial charge in [-0.2, -0.15) is 0 Å². The number of allylic oxidation sites excluding steroid dienone is 3. The summed E-state index contributed by atoms with van der Waals surface area (Å²) in [5.74, 6) is 0.271. The Hall–Kier alpha value is -1.29. The van der Waals surface area contributed by atoms with E-state index in [-0.39, 0.29) is 24.5 Å². The lowest BCUT2D eigenvalue weighted by Gasteiger charge is -2.13. The molecule has 4 heteroatoms. The van der Waals surface area contributed by atoms with E-state index in [1.165, 1.54) is 25.7 Å². The molecule has 2 N–H and O–H groups in total. The molecule has 0 aromatic carbocycles. The van der Waals surface area contributed by atoms with Crippen molar-refractivity contribution in [2.75, 3.05) is 0 Å². The molecule has 0 bridgehead atoms. The fraction of sp³-hybridized carbons (Fsp3) is 0.750. The molecule has 1 unspecified atom stereocenters. The van der Waals surface area contributed by atoms with E-state index in [2.05, 4.69) is 19.1 Å². The van der Waals surface area contributed by atoms with E-state index in [4.69, 9.17) is 9.84 Å². The number of aliphatic hydroxyl groups is 1. The van der Waals surface area contributed by atoms with Gasteiger partial charge in [-0.3, -0.25) is 4.79 Å². The second-order valence-corrected chi connectivity index (χ2v) is 6.82. The minimum Gasteiger partial charge on any atom is -0.495 e. The van der Waals surface area contributed by atoms with Gasteiger partial charge in [0.25, 0.3) is 0 Å². The second kappa shape index (κ2) is 12.1. The maximum Gasteiger partial charge on any atom is 0.303 e. The van der Waals surface area contributed by atoms with E-state index in [1.54, 1.807) is 0 Å². The van der Waals surface area contributed by atoms with Crippen molar-refractivity contribution in [3.05, 3.63) is 24.0 Å². The fourth-order valence-electron chi connectivity index (χ4n) is 3.13. The number of carboxylic acid groups (broad SMARTS) is 1. The summed E-state index contributed by atoms with van der Waals surface area (Å²) >= 11 is 0. The van der Waals surface area contributed by atoms with Gasteiger partial charge in [-0.15, -0.1) is 0 Å². The number of carboxylic acids is 1. The molecule has 1 rings (SSSR count). The summed E-state index contributed by atoms with van der Waals surface area (Å²) in [4.78, 5) is 10.5. The van der Waals surface area contributed by atoms with Crippen LogP contribution in [0.1, 0.15) is 78.1 Å². The third-order valence-corrected chi connectivity index (χ3v) is 4.52. The summed E-state index contributed by atoms with van der Waals surface area (Å²) in [6, 6.07) is 0. The Bertz CT molecular complexity index is 414. The number of hydrogen-bond donors (Lipinski definition) is 2. The largest absolute Gasteiger partial charge is 0.495 e. The lowest BCUT2D eigenvalue weighted by molar-refractivity contribution is -0.137. The van der Waals surface area contributed by atoms with Crippen molar-refractivity contribution in [1.82, 2.24) is 0 Å². The second-order valence-electron chi connectivity index (χ2n) is 6.82. The first-order chi connectivity index (χ1) is 11.5. The van der Waals surface area contributed by atoms with Crippen LogP contribution < -0.4 is 0 Å². The number of unbranched alkanes of at least 4 members (excludes halogenated alkanes) is 5. The molecule has 0 aromatic rings. The van der Waals surface area contributed by atoms with Crippen LogP contribution >= 0.6 is 0 Å². The van der Waals surface area contributed by atoms with E-state index in [0.717, 1.165) is 18.6 Å². The topological polar surface area (TPSA) is 66.8 Å². The number of rotatable bonds is 12. The summed E-state index contributed by atoms with van der Waals surface area (Å²) < 4.78 is 5.90. The van der Waals surface area contributed by atoms with Gasteiger partial charge in [-0.05, 0) is 45.1 Å². The van der Waals surface area contributed by atoms with Crippen LogP contribution in [-0.2, 0) is 9.53 Å². The zero-order valence-electron chi connectivity index (χ0n) is 15.2. The monoisotopic (exact) mass is 338 g/mol. The quantitative estimate of drug-likeness (QED) is 0.304. The highest BCUT2D eigenvalue weighted by Crippen LogP contribution is 2.31. The fourth-order valence-corrected chi connectivity index (χ4v) is 3.13. The van der Waals surface area contributed by atoms with Crippen molar-refractivity contribution in [1.29, 1.82) is 0 Å². The molecule has 1 saturated carbocycles. The number of aliphatic carboxylic acids is 1. The lowest BCUT2D eigenvalue weighted by Crippen LogP contribution is -2.10. The van der Waals surface area contributed by atoms with Crippen LogP contribution in [-0.4, -0.2) is 28.4 Å². The molecule has 0 aliphatic heterocycles. The molecule has 24 heavy (non-hydrogen) atoms. The van der Waals surface area contributed by atoms with Gasteiger partial charge in [0.2, 0.25) is 0 Å². The van der Waals surface area contributed by atoms with Crippen LogP contribution in [0, 0.1) is 5.92 Å². The van der Waals surface area contributed by atoms with Crippen LogP contribution in [0.4, 0.5) is 0 Å². The first-order valence-corrected chi connectivity index (χ1v) is 9.42. The van der Waals surface area contributed by atoms with Crippen LogP contribution in [0.2, 0.25) is 0 Å². The van der Waals surface area contributed by atoms with Gasteiger partial charge in [0, 0.05) is 18.8 Å². The van der Waals surface area contributed by atoms with Gasteiger partial charge in [0.15, 0.2) is 0 Å². The Morgan fingerprint density at radius 2 is 1.96 bits per heavy atom. The molecular formula is C20H34O4. The van der Waals surface area contributed by atoms with Crippen LogP contribution in [0.3, 0.4) is 0 Å². The molecule has 1 aliphatic carbocycles. The Balaban J connectivity index is 2.25. The zero-order chi connectivity index (χ0) is 17.8. The number of aliphatic hydroxyl groups excluding tert-OH is 1. The van der Waals surface area contributed by atoms with Gasteiger partial charge in [-0.1, -0.05) is 38.3 Å². The highest BCUT2D eigenvalue weighted by Gasteiger charge is 2.32. The summed E-state index contributed by atoms with van der Waals surface area (Å²) in [6.45, 7) is 4.12. The predicted molar refractivity (Wildman–Crippen MR) is 96.7 cm³/mol. The third-order valence-electron chi connectivity index (χ3n) is 4.52. The van der Waals surface area contributed by atoms with E-state index in [1.807, 2.05) is 13.0 Å². The van der Waals surface area contributed by atoms with Gasteiger partial charge in [-0.25, -0.2) is 0 Å². The van der Waals surface area contributed by atoms with Crippen molar-refractivity contribution in [2.45, 2.75) is 90.3 Å². The summed E-state index contributed by atoms with van der Waals surface area (Å²) in [6.07, 6.45) is 15.3. The highest BCUT2D eigenvalue weighted by molar-refractivity contribution is 5.66. The Morgan fingerprint density at radius 3 is 2.67 bits per heavy atom. The minimum atomic E-state index is -0.759. The summed E-state index contributed by atoms with van der Waals surface area (Å²) in [5.41, 5.74) is 0. The number of hydrogen-bond acceptors (Lipinski definition) is 3. The van der Waals surface area contributed by atoms with Gasteiger partial charge in [0.1, 0.15) is 6.10 Å². The normalized spacial score (nSPS) is 24.6. The molecule has 138 valence electrons. The highest BCUT2D eigenvalue weighted by atomic mass is 16.5. The van der Waals surface area contributed by atoms with Crippen molar-refractivity contribution in [3.8, 4) is 0 Å².